The Bertz CT molecular complexity index is 416. The standard InChI is InChI=1S/C13H15NO3/c1-14-8-7-11(15)9-12(14)17-13(16)10-5-3-2-4-6-10/h2-6,12H,7-9H2,1H3. The predicted octanol–water partition coefficient (Wildman–Crippen LogP) is 1.46. The van der Waals surface area contributed by atoms with E-state index in [1.807, 2.05) is 18.0 Å². The number of Topliss-reactive ketones (excluding diaryl/α,β-unsaturated/α-hetero) is 1. The van der Waals surface area contributed by atoms with Crippen LogP contribution < -0.4 is 0 Å². The zero-order chi connectivity index (χ0) is 12.3. The quantitative estimate of drug-likeness (QED) is 0.726. The van der Waals surface area contributed by atoms with E-state index in [1.165, 1.54) is 0 Å². The average Bonchev–Trinajstić information content (AvgIpc) is 2.35. The summed E-state index contributed by atoms with van der Waals surface area (Å²) < 4.78 is 5.33. The van der Waals surface area contributed by atoms with E-state index in [4.69, 9.17) is 4.74 Å². The van der Waals surface area contributed by atoms with Crippen LogP contribution in [0.25, 0.3) is 0 Å². The first-order valence-electron chi connectivity index (χ1n) is 5.65. The average molecular weight is 233 g/mol. The fraction of sp³-hybridized carbons (Fsp3) is 0.385. The van der Waals surface area contributed by atoms with E-state index < -0.39 is 6.23 Å². The van der Waals surface area contributed by atoms with Crippen LogP contribution in [0.2, 0.25) is 0 Å². The second-order valence-corrected chi connectivity index (χ2v) is 4.20. The molecule has 0 N–H and O–H groups in total. The molecule has 1 fully saturated rings. The van der Waals surface area contributed by atoms with E-state index in [0.717, 1.165) is 0 Å². The van der Waals surface area contributed by atoms with Crippen molar-refractivity contribution in [1.29, 1.82) is 0 Å². The van der Waals surface area contributed by atoms with Crippen molar-refractivity contribution in [3.05, 3.63) is 35.9 Å². The highest BCUT2D eigenvalue weighted by molar-refractivity contribution is 5.89. The lowest BCUT2D eigenvalue weighted by molar-refractivity contribution is -0.129. The fourth-order valence-electron chi connectivity index (χ4n) is 1.80. The number of carbonyl (C=O) groups is 2. The molecule has 1 heterocycles. The minimum Gasteiger partial charge on any atom is -0.442 e. The molecule has 17 heavy (non-hydrogen) atoms. The third kappa shape index (κ3) is 2.91. The van der Waals surface area contributed by atoms with Crippen molar-refractivity contribution in [2.24, 2.45) is 0 Å². The summed E-state index contributed by atoms with van der Waals surface area (Å²) in [6, 6.07) is 8.81. The fourth-order valence-corrected chi connectivity index (χ4v) is 1.80. The topological polar surface area (TPSA) is 46.6 Å². The number of likely N-dealkylation sites (tertiary alicyclic amines) is 1. The number of piperidine rings is 1. The molecule has 1 saturated heterocycles. The third-order valence-corrected chi connectivity index (χ3v) is 2.89. The van der Waals surface area contributed by atoms with Crippen molar-refractivity contribution < 1.29 is 14.3 Å². The van der Waals surface area contributed by atoms with E-state index in [9.17, 15) is 9.59 Å². The zero-order valence-corrected chi connectivity index (χ0v) is 9.76. The Morgan fingerprint density at radius 1 is 1.35 bits per heavy atom. The summed E-state index contributed by atoms with van der Waals surface area (Å²) in [6.45, 7) is 0.644. The monoisotopic (exact) mass is 233 g/mol. The number of carbonyl (C=O) groups excluding carboxylic acids is 2. The van der Waals surface area contributed by atoms with Gasteiger partial charge in [0.25, 0.3) is 0 Å². The van der Waals surface area contributed by atoms with Gasteiger partial charge in [-0.2, -0.15) is 0 Å². The number of hydrogen-bond acceptors (Lipinski definition) is 4. The van der Waals surface area contributed by atoms with Crippen molar-refractivity contribution in [3.8, 4) is 0 Å². The molecule has 0 amide bonds. The van der Waals surface area contributed by atoms with E-state index >= 15 is 0 Å². The van der Waals surface area contributed by atoms with E-state index in [2.05, 4.69) is 0 Å². The molecule has 4 nitrogen and oxygen atoms in total. The van der Waals surface area contributed by atoms with Crippen LogP contribution in [0.4, 0.5) is 0 Å². The van der Waals surface area contributed by atoms with Crippen molar-refractivity contribution in [3.63, 3.8) is 0 Å². The maximum absolute atomic E-state index is 11.8. The minimum atomic E-state index is -0.427. The van der Waals surface area contributed by atoms with Crippen LogP contribution in [-0.4, -0.2) is 36.5 Å². The van der Waals surface area contributed by atoms with Gasteiger partial charge in [0.05, 0.1) is 12.0 Å². The number of rotatable bonds is 2. The lowest BCUT2D eigenvalue weighted by Crippen LogP contribution is -2.42. The normalized spacial score (nSPS) is 21.2. The van der Waals surface area contributed by atoms with Crippen molar-refractivity contribution in [1.82, 2.24) is 4.90 Å². The Morgan fingerprint density at radius 3 is 2.76 bits per heavy atom. The molecule has 0 aliphatic carbocycles. The Labute approximate surface area is 100 Å². The summed E-state index contributed by atoms with van der Waals surface area (Å²) in [4.78, 5) is 25.0. The van der Waals surface area contributed by atoms with Gasteiger partial charge in [0.2, 0.25) is 0 Å². The van der Waals surface area contributed by atoms with E-state index in [0.29, 0.717) is 18.5 Å². The number of ketones is 1. The summed E-state index contributed by atoms with van der Waals surface area (Å²) >= 11 is 0. The van der Waals surface area contributed by atoms with Gasteiger partial charge in [-0.3, -0.25) is 9.69 Å². The molecule has 4 heteroatoms. The molecular weight excluding hydrogens is 218 g/mol. The van der Waals surface area contributed by atoms with Crippen molar-refractivity contribution in [2.75, 3.05) is 13.6 Å². The number of benzene rings is 1. The molecule has 0 spiro atoms. The summed E-state index contributed by atoms with van der Waals surface area (Å²) in [7, 11) is 1.86. The second-order valence-electron chi connectivity index (χ2n) is 4.20. The molecule has 0 radical (unpaired) electrons. The maximum atomic E-state index is 11.8. The number of nitrogens with zero attached hydrogens (tertiary/aromatic N) is 1. The van der Waals surface area contributed by atoms with E-state index in [-0.39, 0.29) is 18.2 Å². The Balaban J connectivity index is 2.01. The molecule has 1 aliphatic rings. The predicted molar refractivity (Wildman–Crippen MR) is 62.5 cm³/mol. The van der Waals surface area contributed by atoms with Gasteiger partial charge < -0.3 is 4.74 Å². The van der Waals surface area contributed by atoms with Gasteiger partial charge in [-0.05, 0) is 19.2 Å². The molecule has 1 atom stereocenters. The largest absolute Gasteiger partial charge is 0.442 e. The van der Waals surface area contributed by atoms with Gasteiger partial charge >= 0.3 is 5.97 Å². The number of hydrogen-bond donors (Lipinski definition) is 0. The number of ether oxygens (including phenoxy) is 1. The van der Waals surface area contributed by atoms with Gasteiger partial charge in [-0.25, -0.2) is 4.79 Å². The zero-order valence-electron chi connectivity index (χ0n) is 9.76. The van der Waals surface area contributed by atoms with Crippen molar-refractivity contribution >= 4 is 11.8 Å². The maximum Gasteiger partial charge on any atom is 0.339 e. The summed E-state index contributed by atoms with van der Waals surface area (Å²) in [5, 5.41) is 0. The minimum absolute atomic E-state index is 0.147. The summed E-state index contributed by atoms with van der Waals surface area (Å²) in [6.07, 6.45) is 0.397. The van der Waals surface area contributed by atoms with Gasteiger partial charge in [-0.1, -0.05) is 18.2 Å². The first kappa shape index (κ1) is 11.8. The summed E-state index contributed by atoms with van der Waals surface area (Å²) in [5.74, 6) is -0.230. The summed E-state index contributed by atoms with van der Waals surface area (Å²) in [5.41, 5.74) is 0.513. The van der Waals surface area contributed by atoms with Crippen LogP contribution in [0.15, 0.2) is 30.3 Å². The smallest absolute Gasteiger partial charge is 0.339 e. The Morgan fingerprint density at radius 2 is 2.06 bits per heavy atom. The van der Waals surface area contributed by atoms with Gasteiger partial charge in [0.15, 0.2) is 6.23 Å². The molecule has 1 unspecified atom stereocenters. The first-order chi connectivity index (χ1) is 8.16. The molecule has 0 aromatic heterocycles. The van der Waals surface area contributed by atoms with Gasteiger partial charge in [-0.15, -0.1) is 0 Å². The highest BCUT2D eigenvalue weighted by Crippen LogP contribution is 2.15. The lowest BCUT2D eigenvalue weighted by atomic mass is 10.1. The van der Waals surface area contributed by atoms with E-state index in [1.54, 1.807) is 24.3 Å². The van der Waals surface area contributed by atoms with Gasteiger partial charge in [0.1, 0.15) is 5.78 Å². The van der Waals surface area contributed by atoms with Crippen LogP contribution in [0.1, 0.15) is 23.2 Å². The number of esters is 1. The molecule has 2 rings (SSSR count). The Kier molecular flexibility index (Phi) is 3.54. The molecule has 1 aromatic rings. The van der Waals surface area contributed by atoms with Crippen LogP contribution >= 0.6 is 0 Å². The van der Waals surface area contributed by atoms with Crippen LogP contribution in [0.5, 0.6) is 0 Å². The van der Waals surface area contributed by atoms with Gasteiger partial charge in [0, 0.05) is 13.0 Å². The molecular formula is C13H15NO3. The molecule has 1 aliphatic heterocycles. The van der Waals surface area contributed by atoms with Crippen LogP contribution in [0, 0.1) is 0 Å². The van der Waals surface area contributed by atoms with Crippen LogP contribution in [-0.2, 0) is 9.53 Å². The second kappa shape index (κ2) is 5.10. The highest BCUT2D eigenvalue weighted by atomic mass is 16.6. The molecule has 0 bridgehead atoms. The first-order valence-corrected chi connectivity index (χ1v) is 5.65. The Hall–Kier alpha value is -1.68. The molecule has 90 valence electrons. The SMILES string of the molecule is CN1CCC(=O)CC1OC(=O)c1ccccc1. The van der Waals surface area contributed by atoms with Crippen LogP contribution in [0.3, 0.4) is 0 Å². The lowest BCUT2D eigenvalue weighted by Gasteiger charge is -2.30. The highest BCUT2D eigenvalue weighted by Gasteiger charge is 2.27. The van der Waals surface area contributed by atoms with Crippen molar-refractivity contribution in [2.45, 2.75) is 19.1 Å². The molecule has 0 saturated carbocycles. The molecule has 1 aromatic carbocycles. The third-order valence-electron chi connectivity index (χ3n) is 2.89.